The molecule has 2 N–H and O–H groups in total. The standard InChI is InChI=1S/C24H33N3O4/c1-18-6-4-7-19(2)24(18)25-23(29)16-27-12-10-26(11-13-27)15-20(28)17-31-22-9-5-8-21(14-22)30-3/h4-9,14,20,28H,10-13,15-17H2,1-3H3,(H,25,29)/t20-/m0/s1. The number of methoxy groups -OCH3 is 1. The van der Waals surface area contributed by atoms with E-state index in [2.05, 4.69) is 15.1 Å². The van der Waals surface area contributed by atoms with Gasteiger partial charge in [-0.1, -0.05) is 24.3 Å². The van der Waals surface area contributed by atoms with E-state index in [4.69, 9.17) is 9.47 Å². The molecule has 31 heavy (non-hydrogen) atoms. The zero-order valence-electron chi connectivity index (χ0n) is 18.6. The van der Waals surface area contributed by atoms with E-state index in [-0.39, 0.29) is 12.5 Å². The number of aliphatic hydroxyl groups is 1. The van der Waals surface area contributed by atoms with Crippen molar-refractivity contribution >= 4 is 11.6 Å². The molecule has 1 aliphatic rings. The number of hydrogen-bond acceptors (Lipinski definition) is 6. The first-order valence-electron chi connectivity index (χ1n) is 10.7. The Labute approximate surface area is 184 Å². The quantitative estimate of drug-likeness (QED) is 0.640. The smallest absolute Gasteiger partial charge is 0.238 e. The normalized spacial score (nSPS) is 16.0. The van der Waals surface area contributed by atoms with Crippen LogP contribution in [0.3, 0.4) is 0 Å². The van der Waals surface area contributed by atoms with Crippen molar-refractivity contribution in [3.05, 3.63) is 53.6 Å². The average Bonchev–Trinajstić information content (AvgIpc) is 2.76. The Hall–Kier alpha value is -2.61. The highest BCUT2D eigenvalue weighted by atomic mass is 16.5. The van der Waals surface area contributed by atoms with Crippen LogP contribution in [0.2, 0.25) is 0 Å². The first-order valence-corrected chi connectivity index (χ1v) is 10.7. The summed E-state index contributed by atoms with van der Waals surface area (Å²) in [5.74, 6) is 1.42. The van der Waals surface area contributed by atoms with Crippen molar-refractivity contribution < 1.29 is 19.4 Å². The number of β-amino-alcohol motifs (C(OH)–C–C–N with tert-alkyl or cyclic N) is 1. The van der Waals surface area contributed by atoms with Gasteiger partial charge in [-0.3, -0.25) is 14.6 Å². The Bertz CT molecular complexity index is 845. The van der Waals surface area contributed by atoms with Crippen LogP contribution in [0.25, 0.3) is 0 Å². The number of amides is 1. The second-order valence-corrected chi connectivity index (χ2v) is 8.04. The maximum absolute atomic E-state index is 12.5. The molecule has 1 atom stereocenters. The highest BCUT2D eigenvalue weighted by molar-refractivity contribution is 5.93. The van der Waals surface area contributed by atoms with Crippen LogP contribution >= 0.6 is 0 Å². The van der Waals surface area contributed by atoms with E-state index in [1.807, 2.05) is 50.2 Å². The number of carbonyl (C=O) groups excluding carboxylic acids is 1. The van der Waals surface area contributed by atoms with Gasteiger partial charge in [-0.25, -0.2) is 0 Å². The number of para-hydroxylation sites is 1. The number of benzene rings is 2. The predicted molar refractivity (Wildman–Crippen MR) is 122 cm³/mol. The summed E-state index contributed by atoms with van der Waals surface area (Å²) in [5.41, 5.74) is 3.05. The fourth-order valence-electron chi connectivity index (χ4n) is 3.76. The van der Waals surface area contributed by atoms with Crippen LogP contribution < -0.4 is 14.8 Å². The summed E-state index contributed by atoms with van der Waals surface area (Å²) in [7, 11) is 1.61. The molecule has 1 fully saturated rings. The van der Waals surface area contributed by atoms with Gasteiger partial charge in [0.25, 0.3) is 0 Å². The Kier molecular flexibility index (Phi) is 8.28. The number of piperazine rings is 1. The molecular formula is C24H33N3O4. The van der Waals surface area contributed by atoms with Gasteiger partial charge in [-0.15, -0.1) is 0 Å². The second kappa shape index (κ2) is 11.1. The van der Waals surface area contributed by atoms with Crippen LogP contribution in [0.4, 0.5) is 5.69 Å². The van der Waals surface area contributed by atoms with Crippen molar-refractivity contribution in [2.24, 2.45) is 0 Å². The lowest BCUT2D eigenvalue weighted by Gasteiger charge is -2.35. The van der Waals surface area contributed by atoms with Gasteiger partial charge in [0, 0.05) is 44.5 Å². The fourth-order valence-corrected chi connectivity index (χ4v) is 3.76. The van der Waals surface area contributed by atoms with Crippen LogP contribution in [-0.2, 0) is 4.79 Å². The maximum Gasteiger partial charge on any atom is 0.238 e. The number of aryl methyl sites for hydroxylation is 2. The van der Waals surface area contributed by atoms with Crippen molar-refractivity contribution in [2.45, 2.75) is 20.0 Å². The van der Waals surface area contributed by atoms with Crippen molar-refractivity contribution in [3.8, 4) is 11.5 Å². The molecule has 7 heteroatoms. The number of rotatable bonds is 9. The van der Waals surface area contributed by atoms with E-state index in [1.54, 1.807) is 13.2 Å². The summed E-state index contributed by atoms with van der Waals surface area (Å²) in [5, 5.41) is 13.4. The van der Waals surface area contributed by atoms with E-state index in [1.165, 1.54) is 0 Å². The SMILES string of the molecule is COc1cccc(OC[C@@H](O)CN2CCN(CC(=O)Nc3c(C)cccc3C)CC2)c1. The second-order valence-electron chi connectivity index (χ2n) is 8.04. The van der Waals surface area contributed by atoms with Gasteiger partial charge < -0.3 is 19.9 Å². The number of hydrogen-bond donors (Lipinski definition) is 2. The molecule has 0 spiro atoms. The largest absolute Gasteiger partial charge is 0.497 e. The van der Waals surface area contributed by atoms with Crippen molar-refractivity contribution in [3.63, 3.8) is 0 Å². The van der Waals surface area contributed by atoms with E-state index in [0.717, 1.165) is 48.7 Å². The third kappa shape index (κ3) is 6.95. The van der Waals surface area contributed by atoms with E-state index < -0.39 is 6.10 Å². The number of carbonyl (C=O) groups is 1. The van der Waals surface area contributed by atoms with Gasteiger partial charge >= 0.3 is 0 Å². The fraction of sp³-hybridized carbons (Fsp3) is 0.458. The summed E-state index contributed by atoms with van der Waals surface area (Å²) in [4.78, 5) is 16.8. The zero-order valence-corrected chi connectivity index (χ0v) is 18.6. The zero-order chi connectivity index (χ0) is 22.2. The molecule has 0 bridgehead atoms. The third-order valence-corrected chi connectivity index (χ3v) is 5.53. The van der Waals surface area contributed by atoms with Gasteiger partial charge in [-0.05, 0) is 37.1 Å². The molecule has 3 rings (SSSR count). The molecule has 0 unspecified atom stereocenters. The Morgan fingerprint density at radius 3 is 2.32 bits per heavy atom. The molecule has 7 nitrogen and oxygen atoms in total. The van der Waals surface area contributed by atoms with Crippen LogP contribution in [0.1, 0.15) is 11.1 Å². The lowest BCUT2D eigenvalue weighted by molar-refractivity contribution is -0.117. The molecule has 2 aromatic rings. The van der Waals surface area contributed by atoms with Crippen LogP contribution in [-0.4, -0.2) is 79.9 Å². The van der Waals surface area contributed by atoms with E-state index >= 15 is 0 Å². The topological polar surface area (TPSA) is 74.3 Å². The highest BCUT2D eigenvalue weighted by Crippen LogP contribution is 2.20. The highest BCUT2D eigenvalue weighted by Gasteiger charge is 2.21. The van der Waals surface area contributed by atoms with Gasteiger partial charge in [0.2, 0.25) is 5.91 Å². The summed E-state index contributed by atoms with van der Waals surface area (Å²) in [6, 6.07) is 13.4. The van der Waals surface area contributed by atoms with Gasteiger partial charge in [-0.2, -0.15) is 0 Å². The molecule has 1 aliphatic heterocycles. The number of nitrogens with one attached hydrogen (secondary N) is 1. The molecule has 0 radical (unpaired) electrons. The number of nitrogens with zero attached hydrogens (tertiary/aromatic N) is 2. The van der Waals surface area contributed by atoms with Crippen LogP contribution in [0, 0.1) is 13.8 Å². The Morgan fingerprint density at radius 1 is 1.03 bits per heavy atom. The molecule has 1 amide bonds. The first kappa shape index (κ1) is 23.1. The van der Waals surface area contributed by atoms with E-state index in [0.29, 0.717) is 18.8 Å². The summed E-state index contributed by atoms with van der Waals surface area (Å²) in [6.07, 6.45) is -0.579. The van der Waals surface area contributed by atoms with Gasteiger partial charge in [0.15, 0.2) is 0 Å². The van der Waals surface area contributed by atoms with Crippen LogP contribution in [0.5, 0.6) is 11.5 Å². The Balaban J connectivity index is 1.37. The van der Waals surface area contributed by atoms with E-state index in [9.17, 15) is 9.90 Å². The molecule has 0 saturated carbocycles. The molecule has 168 valence electrons. The summed E-state index contributed by atoms with van der Waals surface area (Å²) < 4.78 is 10.9. The first-order chi connectivity index (χ1) is 14.9. The van der Waals surface area contributed by atoms with Crippen molar-refractivity contribution in [1.29, 1.82) is 0 Å². The molecule has 0 aromatic heterocycles. The Morgan fingerprint density at radius 2 is 1.65 bits per heavy atom. The summed E-state index contributed by atoms with van der Waals surface area (Å²) >= 11 is 0. The minimum Gasteiger partial charge on any atom is -0.497 e. The molecular weight excluding hydrogens is 394 g/mol. The molecule has 1 saturated heterocycles. The van der Waals surface area contributed by atoms with Gasteiger partial charge in [0.1, 0.15) is 24.2 Å². The number of aliphatic hydroxyl groups excluding tert-OH is 1. The number of ether oxygens (including phenoxy) is 2. The monoisotopic (exact) mass is 427 g/mol. The minimum atomic E-state index is -0.579. The summed E-state index contributed by atoms with van der Waals surface area (Å²) in [6.45, 7) is 8.38. The lowest BCUT2D eigenvalue weighted by atomic mass is 10.1. The lowest BCUT2D eigenvalue weighted by Crippen LogP contribution is -2.50. The van der Waals surface area contributed by atoms with Gasteiger partial charge in [0.05, 0.1) is 13.7 Å². The van der Waals surface area contributed by atoms with Crippen molar-refractivity contribution in [1.82, 2.24) is 9.80 Å². The predicted octanol–water partition coefficient (Wildman–Crippen LogP) is 2.31. The van der Waals surface area contributed by atoms with Crippen molar-refractivity contribution in [2.75, 3.05) is 58.3 Å². The molecule has 1 heterocycles. The average molecular weight is 428 g/mol. The molecule has 2 aromatic carbocycles. The maximum atomic E-state index is 12.5. The third-order valence-electron chi connectivity index (χ3n) is 5.53. The number of anilines is 1. The van der Waals surface area contributed by atoms with Crippen LogP contribution in [0.15, 0.2) is 42.5 Å². The minimum absolute atomic E-state index is 0.0116. The molecule has 0 aliphatic carbocycles.